The van der Waals surface area contributed by atoms with Gasteiger partial charge in [-0.3, -0.25) is 14.4 Å². The molecular formula is C26H40N2O3S. The topological polar surface area (TPSA) is 75.3 Å². The summed E-state index contributed by atoms with van der Waals surface area (Å²) in [5, 5.41) is 6.04. The summed E-state index contributed by atoms with van der Waals surface area (Å²) in [5.41, 5.74) is 1.17. The molecule has 0 saturated heterocycles. The zero-order chi connectivity index (χ0) is 23.3. The SMILES string of the molecule is CC(C)C[C@@H](CC(=O)CS)C(=O)N[C@@H](CC1CCCCC1)C(=O)NCCc1ccccc1. The second kappa shape index (κ2) is 14.4. The van der Waals surface area contributed by atoms with Crippen molar-refractivity contribution in [3.05, 3.63) is 35.9 Å². The van der Waals surface area contributed by atoms with Gasteiger partial charge in [0, 0.05) is 24.6 Å². The van der Waals surface area contributed by atoms with Gasteiger partial charge in [0.25, 0.3) is 0 Å². The van der Waals surface area contributed by atoms with Gasteiger partial charge in [0.1, 0.15) is 11.8 Å². The summed E-state index contributed by atoms with van der Waals surface area (Å²) in [5.74, 6) is 0.113. The van der Waals surface area contributed by atoms with Crippen LogP contribution in [0.2, 0.25) is 0 Å². The van der Waals surface area contributed by atoms with E-state index in [1.807, 2.05) is 44.2 Å². The molecule has 0 spiro atoms. The number of Topliss-reactive ketones (excluding diaryl/α,β-unsaturated/α-hetero) is 1. The number of hydrogen-bond acceptors (Lipinski definition) is 4. The van der Waals surface area contributed by atoms with Crippen LogP contribution in [-0.2, 0) is 20.8 Å². The van der Waals surface area contributed by atoms with Crippen LogP contribution in [0.25, 0.3) is 0 Å². The number of amides is 2. The number of benzene rings is 1. The second-order valence-corrected chi connectivity index (χ2v) is 9.87. The number of thiol groups is 1. The number of carbonyl (C=O) groups excluding carboxylic acids is 3. The van der Waals surface area contributed by atoms with Gasteiger partial charge in [0.2, 0.25) is 11.8 Å². The average Bonchev–Trinajstić information content (AvgIpc) is 2.79. The van der Waals surface area contributed by atoms with Crippen LogP contribution in [-0.4, -0.2) is 35.9 Å². The van der Waals surface area contributed by atoms with Crippen molar-refractivity contribution in [1.82, 2.24) is 10.6 Å². The lowest BCUT2D eigenvalue weighted by Gasteiger charge is -2.28. The summed E-state index contributed by atoms with van der Waals surface area (Å²) in [6, 6.07) is 9.49. The number of carbonyl (C=O) groups is 3. The minimum absolute atomic E-state index is 0.0368. The van der Waals surface area contributed by atoms with Crippen molar-refractivity contribution in [3.8, 4) is 0 Å². The maximum atomic E-state index is 13.1. The summed E-state index contributed by atoms with van der Waals surface area (Å²) in [6.45, 7) is 4.62. The van der Waals surface area contributed by atoms with E-state index in [1.54, 1.807) is 0 Å². The predicted molar refractivity (Wildman–Crippen MR) is 133 cm³/mol. The summed E-state index contributed by atoms with van der Waals surface area (Å²) in [6.07, 6.45) is 8.06. The van der Waals surface area contributed by atoms with E-state index in [0.717, 1.165) is 19.3 Å². The van der Waals surface area contributed by atoms with E-state index in [2.05, 4.69) is 23.3 Å². The molecule has 2 atom stereocenters. The minimum Gasteiger partial charge on any atom is -0.354 e. The monoisotopic (exact) mass is 460 g/mol. The Morgan fingerprint density at radius 3 is 2.34 bits per heavy atom. The fourth-order valence-electron chi connectivity index (χ4n) is 4.57. The Morgan fingerprint density at radius 2 is 1.72 bits per heavy atom. The summed E-state index contributed by atoms with van der Waals surface area (Å²) in [4.78, 5) is 38.2. The van der Waals surface area contributed by atoms with Gasteiger partial charge >= 0.3 is 0 Å². The normalized spacial score (nSPS) is 16.4. The first-order valence-electron chi connectivity index (χ1n) is 12.1. The highest BCUT2D eigenvalue weighted by molar-refractivity contribution is 7.81. The molecule has 0 aromatic heterocycles. The fraction of sp³-hybridized carbons (Fsp3) is 0.654. The van der Waals surface area contributed by atoms with Crippen molar-refractivity contribution in [2.45, 2.75) is 77.7 Å². The Hall–Kier alpha value is -1.82. The molecule has 2 N–H and O–H groups in total. The molecule has 2 amide bonds. The van der Waals surface area contributed by atoms with Crippen LogP contribution in [0.3, 0.4) is 0 Å². The van der Waals surface area contributed by atoms with Crippen LogP contribution in [0, 0.1) is 17.8 Å². The first kappa shape index (κ1) is 26.4. The molecule has 0 heterocycles. The van der Waals surface area contributed by atoms with E-state index in [9.17, 15) is 14.4 Å². The molecule has 2 rings (SSSR count). The molecule has 32 heavy (non-hydrogen) atoms. The predicted octanol–water partition coefficient (Wildman–Crippen LogP) is 4.35. The smallest absolute Gasteiger partial charge is 0.242 e. The number of hydrogen-bond donors (Lipinski definition) is 3. The number of ketones is 1. The zero-order valence-electron chi connectivity index (χ0n) is 19.6. The van der Waals surface area contributed by atoms with Gasteiger partial charge in [-0.25, -0.2) is 0 Å². The number of rotatable bonds is 13. The maximum absolute atomic E-state index is 13.1. The third kappa shape index (κ3) is 9.76. The fourth-order valence-corrected chi connectivity index (χ4v) is 4.70. The van der Waals surface area contributed by atoms with Crippen LogP contribution in [0.1, 0.15) is 70.8 Å². The molecule has 0 unspecified atom stereocenters. The number of nitrogens with one attached hydrogen (secondary N) is 2. The van der Waals surface area contributed by atoms with Gasteiger partial charge in [-0.1, -0.05) is 76.3 Å². The molecule has 1 aliphatic carbocycles. The Morgan fingerprint density at radius 1 is 1.03 bits per heavy atom. The van der Waals surface area contributed by atoms with Gasteiger partial charge < -0.3 is 10.6 Å². The third-order valence-corrected chi connectivity index (χ3v) is 6.61. The first-order chi connectivity index (χ1) is 15.4. The molecule has 1 aromatic rings. The summed E-state index contributed by atoms with van der Waals surface area (Å²) in [7, 11) is 0. The van der Waals surface area contributed by atoms with Gasteiger partial charge in [-0.2, -0.15) is 12.6 Å². The van der Waals surface area contributed by atoms with Crippen LogP contribution < -0.4 is 10.6 Å². The maximum Gasteiger partial charge on any atom is 0.242 e. The summed E-state index contributed by atoms with van der Waals surface area (Å²) >= 11 is 4.06. The Labute approximate surface area is 198 Å². The van der Waals surface area contributed by atoms with Crippen molar-refractivity contribution >= 4 is 30.2 Å². The largest absolute Gasteiger partial charge is 0.354 e. The molecule has 0 bridgehead atoms. The van der Waals surface area contributed by atoms with Crippen molar-refractivity contribution in [2.75, 3.05) is 12.3 Å². The molecule has 1 aromatic carbocycles. The van der Waals surface area contributed by atoms with Crippen molar-refractivity contribution in [2.24, 2.45) is 17.8 Å². The molecule has 1 saturated carbocycles. The van der Waals surface area contributed by atoms with E-state index in [-0.39, 0.29) is 35.7 Å². The lowest BCUT2D eigenvalue weighted by molar-refractivity contribution is -0.133. The molecule has 0 aliphatic heterocycles. The van der Waals surface area contributed by atoms with Crippen LogP contribution in [0.5, 0.6) is 0 Å². The third-order valence-electron chi connectivity index (χ3n) is 6.26. The van der Waals surface area contributed by atoms with E-state index in [1.165, 1.54) is 24.8 Å². The highest BCUT2D eigenvalue weighted by Gasteiger charge is 2.29. The molecule has 6 heteroatoms. The van der Waals surface area contributed by atoms with E-state index < -0.39 is 12.0 Å². The van der Waals surface area contributed by atoms with Gasteiger partial charge in [-0.15, -0.1) is 0 Å². The molecular weight excluding hydrogens is 420 g/mol. The van der Waals surface area contributed by atoms with Crippen LogP contribution in [0.15, 0.2) is 30.3 Å². The standard InChI is InChI=1S/C26H40N2O3S/c1-19(2)15-22(17-23(29)18-32)25(30)28-24(16-21-11-7-4-8-12-21)26(31)27-14-13-20-9-5-3-6-10-20/h3,5-6,9-10,19,21-22,24,32H,4,7-8,11-18H2,1-2H3,(H,27,31)(H,28,30)/t22-,24-/m0/s1. The molecule has 178 valence electrons. The highest BCUT2D eigenvalue weighted by Crippen LogP contribution is 2.28. The van der Waals surface area contributed by atoms with Crippen LogP contribution in [0.4, 0.5) is 0 Å². The molecule has 5 nitrogen and oxygen atoms in total. The Balaban J connectivity index is 2.01. The average molecular weight is 461 g/mol. The van der Waals surface area contributed by atoms with Gasteiger partial charge in [0.15, 0.2) is 0 Å². The van der Waals surface area contributed by atoms with E-state index in [4.69, 9.17) is 0 Å². The van der Waals surface area contributed by atoms with Crippen molar-refractivity contribution < 1.29 is 14.4 Å². The molecule has 1 aliphatic rings. The molecule has 0 radical (unpaired) electrons. The van der Waals surface area contributed by atoms with E-state index in [0.29, 0.717) is 25.3 Å². The lowest BCUT2D eigenvalue weighted by Crippen LogP contribution is -2.50. The van der Waals surface area contributed by atoms with Crippen molar-refractivity contribution in [1.29, 1.82) is 0 Å². The summed E-state index contributed by atoms with van der Waals surface area (Å²) < 4.78 is 0. The highest BCUT2D eigenvalue weighted by atomic mass is 32.1. The zero-order valence-corrected chi connectivity index (χ0v) is 20.5. The van der Waals surface area contributed by atoms with E-state index >= 15 is 0 Å². The minimum atomic E-state index is -0.554. The Kier molecular flexibility index (Phi) is 11.9. The lowest BCUT2D eigenvalue weighted by atomic mass is 9.84. The molecule has 1 fully saturated rings. The van der Waals surface area contributed by atoms with Gasteiger partial charge in [-0.05, 0) is 36.7 Å². The first-order valence-corrected chi connectivity index (χ1v) is 12.8. The van der Waals surface area contributed by atoms with Crippen LogP contribution >= 0.6 is 12.6 Å². The van der Waals surface area contributed by atoms with Crippen molar-refractivity contribution in [3.63, 3.8) is 0 Å². The quantitative estimate of drug-likeness (QED) is 0.383. The Bertz CT molecular complexity index is 717. The van der Waals surface area contributed by atoms with Gasteiger partial charge in [0.05, 0.1) is 0 Å². The second-order valence-electron chi connectivity index (χ2n) is 9.55.